The highest BCUT2D eigenvalue weighted by atomic mass is 16.5. The average molecular weight is 261 g/mol. The maximum absolute atomic E-state index is 11.8. The molecule has 0 aliphatic rings. The van der Waals surface area contributed by atoms with Gasteiger partial charge in [0.25, 0.3) is 0 Å². The first kappa shape index (κ1) is 13.1. The molecule has 1 aromatic heterocycles. The number of carboxylic acid groups (broad SMARTS) is 1. The topological polar surface area (TPSA) is 68.5 Å². The number of carboxylic acids is 1. The molecule has 0 amide bonds. The fourth-order valence-corrected chi connectivity index (χ4v) is 2.37. The molecule has 5 nitrogen and oxygen atoms in total. The van der Waals surface area contributed by atoms with Crippen LogP contribution >= 0.6 is 0 Å². The molecule has 5 heteroatoms. The lowest BCUT2D eigenvalue weighted by Crippen LogP contribution is -2.08. The summed E-state index contributed by atoms with van der Waals surface area (Å²) in [5.74, 6) is -0.428. The summed E-state index contributed by atoms with van der Waals surface area (Å²) in [6.45, 7) is 3.21. The third-order valence-electron chi connectivity index (χ3n) is 3.19. The van der Waals surface area contributed by atoms with Crippen LogP contribution in [0, 0.1) is 6.92 Å². The molecule has 0 spiro atoms. The molecule has 0 fully saturated rings. The number of nitrogens with zero attached hydrogens (tertiary/aromatic N) is 1. The molecular formula is C14H15NO4. The molecule has 0 saturated heterocycles. The number of ether oxygens (including phenoxy) is 1. The number of hydrogen-bond donors (Lipinski definition) is 1. The van der Waals surface area contributed by atoms with Crippen molar-refractivity contribution in [2.24, 2.45) is 0 Å². The maximum atomic E-state index is 11.8. The Hall–Kier alpha value is -2.30. The van der Waals surface area contributed by atoms with Crippen LogP contribution in [-0.4, -0.2) is 28.7 Å². The van der Waals surface area contributed by atoms with Crippen molar-refractivity contribution in [3.05, 3.63) is 29.5 Å². The van der Waals surface area contributed by atoms with E-state index in [9.17, 15) is 9.59 Å². The van der Waals surface area contributed by atoms with Gasteiger partial charge in [0.05, 0.1) is 19.0 Å². The molecule has 1 aromatic carbocycles. The Morgan fingerprint density at radius 2 is 2.05 bits per heavy atom. The van der Waals surface area contributed by atoms with E-state index in [-0.39, 0.29) is 12.3 Å². The van der Waals surface area contributed by atoms with Crippen molar-refractivity contribution >= 4 is 22.8 Å². The normalized spacial score (nSPS) is 10.7. The van der Waals surface area contributed by atoms with Gasteiger partial charge < -0.3 is 9.84 Å². The Kier molecular flexibility index (Phi) is 3.29. The highest BCUT2D eigenvalue weighted by Crippen LogP contribution is 2.29. The Balaban J connectivity index is 2.79. The highest BCUT2D eigenvalue weighted by Gasteiger charge is 2.18. The summed E-state index contributed by atoms with van der Waals surface area (Å²) in [5.41, 5.74) is 2.01. The van der Waals surface area contributed by atoms with Crippen LogP contribution in [-0.2, 0) is 11.2 Å². The molecule has 0 aliphatic carbocycles. The van der Waals surface area contributed by atoms with Crippen LogP contribution in [0.2, 0.25) is 0 Å². The molecule has 2 aromatic rings. The standard InChI is InChI=1S/C14H15NO4/c1-8-12(7-14(17)18)11-5-4-10(19-3)6-13(11)15(8)9(2)16/h4-6H,7H2,1-3H3,(H,17,18). The Bertz CT molecular complexity index is 670. The first-order valence-corrected chi connectivity index (χ1v) is 5.86. The lowest BCUT2D eigenvalue weighted by Gasteiger charge is -2.04. The van der Waals surface area contributed by atoms with E-state index in [1.807, 2.05) is 0 Å². The number of hydrogen-bond acceptors (Lipinski definition) is 3. The van der Waals surface area contributed by atoms with Gasteiger partial charge in [0.15, 0.2) is 0 Å². The third kappa shape index (κ3) is 2.19. The summed E-state index contributed by atoms with van der Waals surface area (Å²) in [4.78, 5) is 22.7. The molecule has 2 rings (SSSR count). The number of carbonyl (C=O) groups is 2. The minimum atomic E-state index is -0.915. The van der Waals surface area contributed by atoms with Crippen molar-refractivity contribution in [1.29, 1.82) is 0 Å². The van der Waals surface area contributed by atoms with Crippen molar-refractivity contribution < 1.29 is 19.4 Å². The molecule has 0 bridgehead atoms. The van der Waals surface area contributed by atoms with E-state index in [1.54, 1.807) is 32.2 Å². The number of aliphatic carboxylic acids is 1. The first-order chi connectivity index (χ1) is 8.95. The summed E-state index contributed by atoms with van der Waals surface area (Å²) in [6, 6.07) is 5.30. The lowest BCUT2D eigenvalue weighted by molar-refractivity contribution is -0.136. The monoisotopic (exact) mass is 261 g/mol. The number of carbonyl (C=O) groups excluding carboxylic acids is 1. The van der Waals surface area contributed by atoms with Crippen molar-refractivity contribution in [3.63, 3.8) is 0 Å². The van der Waals surface area contributed by atoms with Gasteiger partial charge in [-0.25, -0.2) is 0 Å². The van der Waals surface area contributed by atoms with E-state index in [1.165, 1.54) is 11.5 Å². The molecule has 1 heterocycles. The van der Waals surface area contributed by atoms with Gasteiger partial charge in [0, 0.05) is 24.1 Å². The van der Waals surface area contributed by atoms with Crippen LogP contribution in [0.1, 0.15) is 23.0 Å². The van der Waals surface area contributed by atoms with Crippen molar-refractivity contribution in [3.8, 4) is 5.75 Å². The fourth-order valence-electron chi connectivity index (χ4n) is 2.37. The second kappa shape index (κ2) is 4.76. The van der Waals surface area contributed by atoms with Gasteiger partial charge in [0.2, 0.25) is 5.91 Å². The zero-order valence-corrected chi connectivity index (χ0v) is 11.1. The molecule has 100 valence electrons. The summed E-state index contributed by atoms with van der Waals surface area (Å²) < 4.78 is 6.67. The molecular weight excluding hydrogens is 246 g/mol. The van der Waals surface area contributed by atoms with E-state index in [0.717, 1.165) is 5.39 Å². The summed E-state index contributed by atoms with van der Waals surface area (Å²) >= 11 is 0. The van der Waals surface area contributed by atoms with Gasteiger partial charge >= 0.3 is 5.97 Å². The number of fused-ring (bicyclic) bond motifs is 1. The molecule has 0 unspecified atom stereocenters. The Morgan fingerprint density at radius 1 is 1.37 bits per heavy atom. The number of benzene rings is 1. The second-order valence-corrected chi connectivity index (χ2v) is 4.37. The van der Waals surface area contributed by atoms with Crippen molar-refractivity contribution in [2.75, 3.05) is 7.11 Å². The molecule has 0 saturated carbocycles. The number of methoxy groups -OCH3 is 1. The SMILES string of the molecule is COc1ccc2c(CC(=O)O)c(C)n(C(C)=O)c2c1. The maximum Gasteiger partial charge on any atom is 0.307 e. The van der Waals surface area contributed by atoms with Gasteiger partial charge in [-0.1, -0.05) is 0 Å². The van der Waals surface area contributed by atoms with E-state index in [0.29, 0.717) is 22.5 Å². The number of rotatable bonds is 3. The quantitative estimate of drug-likeness (QED) is 0.920. The third-order valence-corrected chi connectivity index (χ3v) is 3.19. The van der Waals surface area contributed by atoms with Crippen molar-refractivity contribution in [1.82, 2.24) is 4.57 Å². The van der Waals surface area contributed by atoms with Gasteiger partial charge in [-0.15, -0.1) is 0 Å². The summed E-state index contributed by atoms with van der Waals surface area (Å²) in [7, 11) is 1.55. The van der Waals surface area contributed by atoms with Gasteiger partial charge in [-0.2, -0.15) is 0 Å². The summed E-state index contributed by atoms with van der Waals surface area (Å²) in [5, 5.41) is 9.75. The Morgan fingerprint density at radius 3 is 2.58 bits per heavy atom. The van der Waals surface area contributed by atoms with Crippen molar-refractivity contribution in [2.45, 2.75) is 20.3 Å². The molecule has 19 heavy (non-hydrogen) atoms. The predicted molar refractivity (Wildman–Crippen MR) is 70.9 cm³/mol. The zero-order valence-electron chi connectivity index (χ0n) is 11.1. The lowest BCUT2D eigenvalue weighted by atomic mass is 10.1. The van der Waals surface area contributed by atoms with Gasteiger partial charge in [-0.3, -0.25) is 14.2 Å². The van der Waals surface area contributed by atoms with Crippen LogP contribution in [0.4, 0.5) is 0 Å². The fraction of sp³-hybridized carbons (Fsp3) is 0.286. The molecule has 0 aliphatic heterocycles. The predicted octanol–water partition coefficient (Wildman–Crippen LogP) is 2.25. The van der Waals surface area contributed by atoms with Crippen LogP contribution in [0.5, 0.6) is 5.75 Å². The van der Waals surface area contributed by atoms with Gasteiger partial charge in [-0.05, 0) is 24.6 Å². The molecule has 1 N–H and O–H groups in total. The van der Waals surface area contributed by atoms with E-state index < -0.39 is 5.97 Å². The Labute approximate surface area is 110 Å². The van der Waals surface area contributed by atoms with Crippen LogP contribution < -0.4 is 4.74 Å². The minimum Gasteiger partial charge on any atom is -0.497 e. The van der Waals surface area contributed by atoms with E-state index in [4.69, 9.17) is 9.84 Å². The first-order valence-electron chi connectivity index (χ1n) is 5.86. The zero-order chi connectivity index (χ0) is 14.2. The van der Waals surface area contributed by atoms with Crippen LogP contribution in [0.15, 0.2) is 18.2 Å². The second-order valence-electron chi connectivity index (χ2n) is 4.37. The largest absolute Gasteiger partial charge is 0.497 e. The number of aromatic nitrogens is 1. The molecule has 0 radical (unpaired) electrons. The van der Waals surface area contributed by atoms with Crippen LogP contribution in [0.25, 0.3) is 10.9 Å². The molecule has 0 atom stereocenters. The van der Waals surface area contributed by atoms with Crippen LogP contribution in [0.3, 0.4) is 0 Å². The highest BCUT2D eigenvalue weighted by molar-refractivity contribution is 5.97. The smallest absolute Gasteiger partial charge is 0.307 e. The van der Waals surface area contributed by atoms with E-state index >= 15 is 0 Å². The van der Waals surface area contributed by atoms with E-state index in [2.05, 4.69) is 0 Å². The minimum absolute atomic E-state index is 0.102. The summed E-state index contributed by atoms with van der Waals surface area (Å²) in [6.07, 6.45) is -0.102. The van der Waals surface area contributed by atoms with Gasteiger partial charge in [0.1, 0.15) is 5.75 Å². The average Bonchev–Trinajstić information content (AvgIpc) is 2.61.